The molecule has 2 amide bonds. The molecule has 0 spiro atoms. The Kier molecular flexibility index (Phi) is 12.7. The van der Waals surface area contributed by atoms with E-state index in [1.165, 1.54) is 31.1 Å². The number of hydrogen-bond acceptors (Lipinski definition) is 10. The van der Waals surface area contributed by atoms with Crippen LogP contribution in [0.5, 0.6) is 0 Å². The van der Waals surface area contributed by atoms with Gasteiger partial charge in [0.05, 0.1) is 19.3 Å². The number of thioether (sulfide) groups is 1. The second-order valence-corrected chi connectivity index (χ2v) is 9.89. The SMILES string of the molecule is CNC(=O)/C=C\N(C=O)C1CC[C@@](CN)(COP(=O)(NC(C)C(=O)S)OCCSC=O)O1. The summed E-state index contributed by atoms with van der Waals surface area (Å²) in [4.78, 5) is 45.9. The predicted molar refractivity (Wildman–Crippen MR) is 122 cm³/mol. The van der Waals surface area contributed by atoms with Crippen LogP contribution in [0.4, 0.5) is 0 Å². The van der Waals surface area contributed by atoms with E-state index in [1.807, 2.05) is 0 Å². The standard InChI is InChI=1S/C17H29N4O8PS2/c1-13(16(25)31)20-30(26,27-7-8-32-12-23)28-10-17(9-18)5-3-15(29-17)21(11-22)6-4-14(24)19-2/h4,6,11-13,15H,3,5,7-10,18H2,1-2H3,(H,19,24)(H,20,26)(H,25,31)/b6-4-/t13?,15?,17-,30?/m1/s1. The number of amides is 2. The minimum Gasteiger partial charge on any atom is -0.356 e. The van der Waals surface area contributed by atoms with Gasteiger partial charge in [0.1, 0.15) is 11.8 Å². The summed E-state index contributed by atoms with van der Waals surface area (Å²) < 4.78 is 29.9. The summed E-state index contributed by atoms with van der Waals surface area (Å²) in [7, 11) is -2.54. The van der Waals surface area contributed by atoms with Crippen LogP contribution in [0.3, 0.4) is 0 Å². The van der Waals surface area contributed by atoms with Crippen molar-refractivity contribution in [2.24, 2.45) is 5.73 Å². The molecular formula is C17H29N4O8PS2. The molecule has 0 aromatic heterocycles. The highest BCUT2D eigenvalue weighted by Gasteiger charge is 2.43. The lowest BCUT2D eigenvalue weighted by atomic mass is 10.0. The third-order valence-corrected chi connectivity index (χ3v) is 7.07. The Bertz CT molecular complexity index is 743. The fraction of sp³-hybridized carbons (Fsp3) is 0.647. The van der Waals surface area contributed by atoms with Gasteiger partial charge in [-0.15, -0.1) is 12.6 Å². The number of rotatable bonds is 16. The highest BCUT2D eigenvalue weighted by Crippen LogP contribution is 2.46. The van der Waals surface area contributed by atoms with Gasteiger partial charge in [-0.25, -0.2) is 9.65 Å². The summed E-state index contributed by atoms with van der Waals surface area (Å²) in [6, 6.07) is -0.936. The molecule has 0 radical (unpaired) electrons. The Morgan fingerprint density at radius 1 is 1.44 bits per heavy atom. The third-order valence-electron chi connectivity index (χ3n) is 4.45. The molecule has 32 heavy (non-hydrogen) atoms. The smallest absolute Gasteiger partial charge is 0.356 e. The molecule has 0 bridgehead atoms. The maximum absolute atomic E-state index is 13.1. The Morgan fingerprint density at radius 2 is 2.16 bits per heavy atom. The van der Waals surface area contributed by atoms with E-state index in [2.05, 4.69) is 23.0 Å². The number of likely N-dealkylation sites (N-methyl/N-ethyl adjacent to an activating group) is 1. The lowest BCUT2D eigenvalue weighted by Crippen LogP contribution is -2.45. The van der Waals surface area contributed by atoms with Gasteiger partial charge in [-0.05, 0) is 19.8 Å². The topological polar surface area (TPSA) is 166 Å². The molecule has 0 aliphatic carbocycles. The van der Waals surface area contributed by atoms with E-state index in [0.29, 0.717) is 24.9 Å². The molecule has 4 atom stereocenters. The van der Waals surface area contributed by atoms with Crippen LogP contribution in [-0.2, 0) is 37.5 Å². The zero-order chi connectivity index (χ0) is 24.2. The second kappa shape index (κ2) is 14.1. The highest BCUT2D eigenvalue weighted by atomic mass is 32.2. The van der Waals surface area contributed by atoms with Gasteiger partial charge in [0.2, 0.25) is 17.4 Å². The minimum absolute atomic E-state index is 0.0165. The van der Waals surface area contributed by atoms with Crippen molar-refractivity contribution in [3.05, 3.63) is 12.3 Å². The van der Waals surface area contributed by atoms with E-state index in [0.717, 1.165) is 11.8 Å². The molecule has 3 unspecified atom stereocenters. The average Bonchev–Trinajstić information content (AvgIpc) is 3.20. The van der Waals surface area contributed by atoms with Crippen LogP contribution in [0.1, 0.15) is 19.8 Å². The van der Waals surface area contributed by atoms with Crippen molar-refractivity contribution in [2.75, 3.05) is 32.6 Å². The molecule has 1 rings (SSSR count). The quantitative estimate of drug-likeness (QED) is 0.0725. The lowest BCUT2D eigenvalue weighted by Gasteiger charge is -2.31. The predicted octanol–water partition coefficient (Wildman–Crippen LogP) is 0.0377. The van der Waals surface area contributed by atoms with Crippen LogP contribution in [0.15, 0.2) is 12.3 Å². The maximum atomic E-state index is 13.1. The molecule has 1 aliphatic rings. The Morgan fingerprint density at radius 3 is 2.72 bits per heavy atom. The molecule has 15 heteroatoms. The number of nitrogens with zero attached hydrogens (tertiary/aromatic N) is 1. The number of hydrogen-bond donors (Lipinski definition) is 4. The number of nitrogens with one attached hydrogen (secondary N) is 2. The summed E-state index contributed by atoms with van der Waals surface area (Å²) >= 11 is 4.63. The lowest BCUT2D eigenvalue weighted by molar-refractivity contribution is -0.136. The van der Waals surface area contributed by atoms with E-state index in [1.54, 1.807) is 0 Å². The number of carbonyl (C=O) groups excluding carboxylic acids is 4. The van der Waals surface area contributed by atoms with Crippen molar-refractivity contribution in [3.63, 3.8) is 0 Å². The van der Waals surface area contributed by atoms with Crippen molar-refractivity contribution < 1.29 is 37.5 Å². The van der Waals surface area contributed by atoms with Crippen molar-refractivity contribution >= 4 is 55.2 Å². The number of carbonyl (C=O) groups is 4. The van der Waals surface area contributed by atoms with Crippen LogP contribution in [0.25, 0.3) is 0 Å². The fourth-order valence-electron chi connectivity index (χ4n) is 2.61. The summed E-state index contributed by atoms with van der Waals surface area (Å²) in [6.07, 6.45) is 3.01. The first-order valence-electron chi connectivity index (χ1n) is 9.59. The molecule has 1 saturated heterocycles. The fourth-order valence-corrected chi connectivity index (χ4v) is 4.73. The van der Waals surface area contributed by atoms with Gasteiger partial charge >= 0.3 is 7.75 Å². The van der Waals surface area contributed by atoms with Gasteiger partial charge in [0, 0.05) is 31.6 Å². The Hall–Kier alpha value is -1.25. The van der Waals surface area contributed by atoms with Crippen molar-refractivity contribution in [2.45, 2.75) is 37.6 Å². The minimum atomic E-state index is -3.99. The van der Waals surface area contributed by atoms with Gasteiger partial charge in [-0.2, -0.15) is 0 Å². The van der Waals surface area contributed by atoms with Gasteiger partial charge in [-0.3, -0.25) is 33.1 Å². The van der Waals surface area contributed by atoms with E-state index < -0.39 is 36.6 Å². The van der Waals surface area contributed by atoms with Crippen LogP contribution >= 0.6 is 32.1 Å². The maximum Gasteiger partial charge on any atom is 0.406 e. The van der Waals surface area contributed by atoms with E-state index in [-0.39, 0.29) is 25.5 Å². The Labute approximate surface area is 196 Å². The normalized spacial score (nSPS) is 23.4. The van der Waals surface area contributed by atoms with E-state index >= 15 is 0 Å². The van der Waals surface area contributed by atoms with E-state index in [4.69, 9.17) is 19.5 Å². The van der Waals surface area contributed by atoms with Gasteiger partial charge in [-0.1, -0.05) is 11.8 Å². The van der Waals surface area contributed by atoms with Gasteiger partial charge in [0.25, 0.3) is 0 Å². The van der Waals surface area contributed by atoms with Gasteiger partial charge < -0.3 is 15.8 Å². The molecule has 0 saturated carbocycles. The molecule has 12 nitrogen and oxygen atoms in total. The molecular weight excluding hydrogens is 483 g/mol. The third kappa shape index (κ3) is 9.32. The summed E-state index contributed by atoms with van der Waals surface area (Å²) in [5, 5.41) is 4.31. The molecule has 4 N–H and O–H groups in total. The van der Waals surface area contributed by atoms with Crippen LogP contribution in [0.2, 0.25) is 0 Å². The zero-order valence-corrected chi connectivity index (χ0v) is 20.4. The molecule has 182 valence electrons. The molecule has 1 aliphatic heterocycles. The van der Waals surface area contributed by atoms with E-state index in [9.17, 15) is 23.7 Å². The summed E-state index contributed by atoms with van der Waals surface area (Å²) in [5.74, 6) is -0.165. The monoisotopic (exact) mass is 512 g/mol. The van der Waals surface area contributed by atoms with Crippen molar-refractivity contribution in [1.29, 1.82) is 0 Å². The molecule has 0 aromatic rings. The number of nitrogens with two attached hydrogens (primary N) is 1. The van der Waals surface area contributed by atoms with Crippen molar-refractivity contribution in [1.82, 2.24) is 15.3 Å². The first-order valence-corrected chi connectivity index (χ1v) is 12.6. The summed E-state index contributed by atoms with van der Waals surface area (Å²) in [6.45, 7) is 1.09. The summed E-state index contributed by atoms with van der Waals surface area (Å²) in [5.41, 5.74) is 5.42. The first-order chi connectivity index (χ1) is 15.1. The average molecular weight is 513 g/mol. The van der Waals surface area contributed by atoms with Crippen LogP contribution in [0, 0.1) is 0 Å². The second-order valence-electron chi connectivity index (χ2n) is 6.74. The van der Waals surface area contributed by atoms with Crippen molar-refractivity contribution in [3.8, 4) is 0 Å². The van der Waals surface area contributed by atoms with Gasteiger partial charge in [0.15, 0.2) is 5.62 Å². The zero-order valence-electron chi connectivity index (χ0n) is 17.8. The first kappa shape index (κ1) is 28.8. The largest absolute Gasteiger partial charge is 0.406 e. The Balaban J connectivity index is 2.86. The van der Waals surface area contributed by atoms with Crippen LogP contribution < -0.4 is 16.1 Å². The molecule has 0 aromatic carbocycles. The molecule has 1 heterocycles. The number of ether oxygens (including phenoxy) is 1. The van der Waals surface area contributed by atoms with Crippen LogP contribution in [-0.4, -0.2) is 78.4 Å². The number of thiol groups is 1. The highest BCUT2D eigenvalue weighted by molar-refractivity contribution is 8.11. The molecule has 1 fully saturated rings.